The standard InChI is InChI=1S/C18H26ClNO3/c1-17(2,3)12-18(4,5)20-15(21)11-23-16(22)10-13-6-8-14(19)9-7-13/h6-9H,10-12H2,1-5H3,(H,20,21). The fourth-order valence-electron chi connectivity index (χ4n) is 2.75. The molecule has 0 aliphatic carbocycles. The molecule has 1 N–H and O–H groups in total. The number of hydrogen-bond acceptors (Lipinski definition) is 3. The zero-order chi connectivity index (χ0) is 17.7. The maximum absolute atomic E-state index is 11.9. The van der Waals surface area contributed by atoms with Crippen LogP contribution >= 0.6 is 11.6 Å². The van der Waals surface area contributed by atoms with E-state index in [0.717, 1.165) is 12.0 Å². The first-order valence-corrected chi connectivity index (χ1v) is 8.06. The van der Waals surface area contributed by atoms with Crippen molar-refractivity contribution in [2.24, 2.45) is 5.41 Å². The summed E-state index contributed by atoms with van der Waals surface area (Å²) >= 11 is 5.79. The van der Waals surface area contributed by atoms with Crippen molar-refractivity contribution in [1.29, 1.82) is 0 Å². The maximum atomic E-state index is 11.9. The molecule has 0 heterocycles. The number of halogens is 1. The summed E-state index contributed by atoms with van der Waals surface area (Å²) in [5.41, 5.74) is 0.549. The van der Waals surface area contributed by atoms with E-state index in [9.17, 15) is 9.59 Å². The van der Waals surface area contributed by atoms with Crippen LogP contribution in [0.3, 0.4) is 0 Å². The number of amides is 1. The minimum atomic E-state index is -0.434. The molecule has 0 saturated heterocycles. The van der Waals surface area contributed by atoms with Gasteiger partial charge in [-0.15, -0.1) is 0 Å². The predicted octanol–water partition coefficient (Wildman–Crippen LogP) is 3.76. The van der Waals surface area contributed by atoms with Gasteiger partial charge in [0.05, 0.1) is 6.42 Å². The van der Waals surface area contributed by atoms with Gasteiger partial charge in [0.25, 0.3) is 5.91 Å². The lowest BCUT2D eigenvalue weighted by atomic mass is 9.82. The van der Waals surface area contributed by atoms with Crippen molar-refractivity contribution in [3.63, 3.8) is 0 Å². The number of hydrogen-bond donors (Lipinski definition) is 1. The average Bonchev–Trinajstić information content (AvgIpc) is 2.35. The van der Waals surface area contributed by atoms with Gasteiger partial charge in [-0.1, -0.05) is 44.5 Å². The molecule has 1 aromatic carbocycles. The largest absolute Gasteiger partial charge is 0.455 e. The van der Waals surface area contributed by atoms with Crippen molar-refractivity contribution < 1.29 is 14.3 Å². The molecule has 23 heavy (non-hydrogen) atoms. The Morgan fingerprint density at radius 2 is 1.65 bits per heavy atom. The molecule has 1 rings (SSSR count). The van der Waals surface area contributed by atoms with E-state index >= 15 is 0 Å². The molecule has 0 aromatic heterocycles. The minimum Gasteiger partial charge on any atom is -0.455 e. The molecule has 0 radical (unpaired) electrons. The second kappa shape index (κ2) is 7.82. The molecule has 5 heteroatoms. The first-order chi connectivity index (χ1) is 10.5. The van der Waals surface area contributed by atoms with Crippen LogP contribution < -0.4 is 5.32 Å². The highest BCUT2D eigenvalue weighted by Crippen LogP contribution is 2.26. The molecule has 1 amide bonds. The average molecular weight is 340 g/mol. The van der Waals surface area contributed by atoms with Crippen molar-refractivity contribution >= 4 is 23.5 Å². The van der Waals surface area contributed by atoms with Gasteiger partial charge in [0.15, 0.2) is 6.61 Å². The molecule has 0 aliphatic heterocycles. The van der Waals surface area contributed by atoms with Gasteiger partial charge in [0, 0.05) is 10.6 Å². The predicted molar refractivity (Wildman–Crippen MR) is 92.4 cm³/mol. The van der Waals surface area contributed by atoms with Crippen LogP contribution in [-0.2, 0) is 20.7 Å². The van der Waals surface area contributed by atoms with Crippen LogP contribution in [0.4, 0.5) is 0 Å². The zero-order valence-electron chi connectivity index (χ0n) is 14.5. The topological polar surface area (TPSA) is 55.4 Å². The summed E-state index contributed by atoms with van der Waals surface area (Å²) in [7, 11) is 0. The Balaban J connectivity index is 2.40. The molecule has 0 aliphatic rings. The Labute approximate surface area is 143 Å². The van der Waals surface area contributed by atoms with Gasteiger partial charge in [0.1, 0.15) is 0 Å². The number of carbonyl (C=O) groups is 2. The van der Waals surface area contributed by atoms with Crippen LogP contribution in [0.2, 0.25) is 5.02 Å². The summed E-state index contributed by atoms with van der Waals surface area (Å²) in [5.74, 6) is -0.722. The van der Waals surface area contributed by atoms with Gasteiger partial charge in [-0.2, -0.15) is 0 Å². The fourth-order valence-corrected chi connectivity index (χ4v) is 2.88. The van der Waals surface area contributed by atoms with Gasteiger partial charge in [0.2, 0.25) is 0 Å². The van der Waals surface area contributed by atoms with E-state index < -0.39 is 5.97 Å². The molecule has 0 spiro atoms. The number of carbonyl (C=O) groups excluding carboxylic acids is 2. The number of esters is 1. The molecule has 0 fully saturated rings. The molecule has 1 aromatic rings. The van der Waals surface area contributed by atoms with Crippen molar-refractivity contribution in [2.75, 3.05) is 6.61 Å². The summed E-state index contributed by atoms with van der Waals surface area (Å²) in [5, 5.41) is 3.52. The van der Waals surface area contributed by atoms with Crippen molar-refractivity contribution in [3.05, 3.63) is 34.9 Å². The highest BCUT2D eigenvalue weighted by atomic mass is 35.5. The summed E-state index contributed by atoms with van der Waals surface area (Å²) in [4.78, 5) is 23.7. The molecule has 0 bridgehead atoms. The smallest absolute Gasteiger partial charge is 0.310 e. The van der Waals surface area contributed by atoms with Crippen LogP contribution in [0.5, 0.6) is 0 Å². The molecule has 0 saturated carbocycles. The third-order valence-corrected chi connectivity index (χ3v) is 3.33. The molecule has 128 valence electrons. The van der Waals surface area contributed by atoms with Crippen LogP contribution in [-0.4, -0.2) is 24.0 Å². The van der Waals surface area contributed by atoms with E-state index in [1.807, 2.05) is 13.8 Å². The van der Waals surface area contributed by atoms with Crippen molar-refractivity contribution in [1.82, 2.24) is 5.32 Å². The van der Waals surface area contributed by atoms with Crippen LogP contribution in [0, 0.1) is 5.41 Å². The highest BCUT2D eigenvalue weighted by molar-refractivity contribution is 6.30. The molecule has 0 unspecified atom stereocenters. The van der Waals surface area contributed by atoms with Crippen LogP contribution in [0.25, 0.3) is 0 Å². The summed E-state index contributed by atoms with van der Waals surface area (Å²) in [6.07, 6.45) is 0.945. The lowest BCUT2D eigenvalue weighted by molar-refractivity contribution is -0.148. The second-order valence-electron chi connectivity index (χ2n) is 7.63. The summed E-state index contributed by atoms with van der Waals surface area (Å²) < 4.78 is 5.03. The van der Waals surface area contributed by atoms with E-state index in [1.165, 1.54) is 0 Å². The van der Waals surface area contributed by atoms with E-state index in [4.69, 9.17) is 16.3 Å². The lowest BCUT2D eigenvalue weighted by Gasteiger charge is -2.33. The Morgan fingerprint density at radius 1 is 1.09 bits per heavy atom. The third-order valence-electron chi connectivity index (χ3n) is 3.08. The third kappa shape index (κ3) is 8.60. The summed E-state index contributed by atoms with van der Waals surface area (Å²) in [6, 6.07) is 6.95. The van der Waals surface area contributed by atoms with Gasteiger partial charge >= 0.3 is 5.97 Å². The van der Waals surface area contributed by atoms with Gasteiger partial charge < -0.3 is 10.1 Å². The second-order valence-corrected chi connectivity index (χ2v) is 8.07. The van der Waals surface area contributed by atoms with Gasteiger partial charge in [-0.05, 0) is 43.4 Å². The molecule has 4 nitrogen and oxygen atoms in total. The Kier molecular flexibility index (Phi) is 6.63. The molecular formula is C18H26ClNO3. The monoisotopic (exact) mass is 339 g/mol. The number of rotatable bonds is 6. The Morgan fingerprint density at radius 3 is 2.17 bits per heavy atom. The number of benzene rings is 1. The first-order valence-electron chi connectivity index (χ1n) is 7.68. The molecule has 0 atom stereocenters. The quantitative estimate of drug-likeness (QED) is 0.803. The number of nitrogens with one attached hydrogen (secondary N) is 1. The van der Waals surface area contributed by atoms with Gasteiger partial charge in [-0.25, -0.2) is 0 Å². The van der Waals surface area contributed by atoms with E-state index in [2.05, 4.69) is 26.1 Å². The molecular weight excluding hydrogens is 314 g/mol. The minimum absolute atomic E-state index is 0.0992. The Bertz CT molecular complexity index is 544. The fraction of sp³-hybridized carbons (Fsp3) is 0.556. The van der Waals surface area contributed by atoms with E-state index in [0.29, 0.717) is 5.02 Å². The SMILES string of the molecule is CC(C)(C)CC(C)(C)NC(=O)COC(=O)Cc1ccc(Cl)cc1. The zero-order valence-corrected chi connectivity index (χ0v) is 15.3. The summed E-state index contributed by atoms with van der Waals surface area (Å²) in [6.45, 7) is 10.0. The highest BCUT2D eigenvalue weighted by Gasteiger charge is 2.27. The van der Waals surface area contributed by atoms with E-state index in [-0.39, 0.29) is 29.9 Å². The normalized spacial score (nSPS) is 11.9. The van der Waals surface area contributed by atoms with Crippen LogP contribution in [0.15, 0.2) is 24.3 Å². The number of ether oxygens (including phenoxy) is 1. The van der Waals surface area contributed by atoms with Crippen molar-refractivity contribution in [3.8, 4) is 0 Å². The Hall–Kier alpha value is -1.55. The first kappa shape index (κ1) is 19.5. The lowest BCUT2D eigenvalue weighted by Crippen LogP contribution is -2.47. The van der Waals surface area contributed by atoms with E-state index in [1.54, 1.807) is 24.3 Å². The van der Waals surface area contributed by atoms with Crippen LogP contribution in [0.1, 0.15) is 46.6 Å². The van der Waals surface area contributed by atoms with Crippen molar-refractivity contribution in [2.45, 2.75) is 53.0 Å². The van der Waals surface area contributed by atoms with Gasteiger partial charge in [-0.3, -0.25) is 9.59 Å². The maximum Gasteiger partial charge on any atom is 0.310 e.